The maximum atomic E-state index is 12.5. The van der Waals surface area contributed by atoms with Gasteiger partial charge in [-0.15, -0.1) is 0 Å². The molecule has 0 atom stereocenters. The van der Waals surface area contributed by atoms with E-state index in [2.05, 4.69) is 36.9 Å². The molecule has 138 valence electrons. The van der Waals surface area contributed by atoms with E-state index >= 15 is 0 Å². The van der Waals surface area contributed by atoms with Gasteiger partial charge in [-0.25, -0.2) is 4.98 Å². The standard InChI is InChI=1S/C20H22N6O/c27-19-15-5-10-25(12-14-3-4-16-17(11-14)22-7-6-21-16)13-18(15)23-20(24-19)26-8-1-2-9-26/h3-4,6-7,11H,1-2,5,8-10,12-13H2,(H,23,24,27). The van der Waals surface area contributed by atoms with Gasteiger partial charge in [0.15, 0.2) is 0 Å². The van der Waals surface area contributed by atoms with Gasteiger partial charge < -0.3 is 4.90 Å². The number of anilines is 1. The van der Waals surface area contributed by atoms with E-state index in [1.54, 1.807) is 12.4 Å². The predicted octanol–water partition coefficient (Wildman–Crippen LogP) is 1.87. The first-order valence-corrected chi connectivity index (χ1v) is 9.55. The van der Waals surface area contributed by atoms with E-state index in [9.17, 15) is 4.79 Å². The van der Waals surface area contributed by atoms with Crippen molar-refractivity contribution < 1.29 is 0 Å². The third kappa shape index (κ3) is 3.19. The smallest absolute Gasteiger partial charge is 0.255 e. The molecule has 7 nitrogen and oxygen atoms in total. The molecule has 1 saturated heterocycles. The summed E-state index contributed by atoms with van der Waals surface area (Å²) in [5.74, 6) is 0.735. The summed E-state index contributed by atoms with van der Waals surface area (Å²) >= 11 is 0. The average molecular weight is 362 g/mol. The van der Waals surface area contributed by atoms with Gasteiger partial charge >= 0.3 is 0 Å². The van der Waals surface area contributed by atoms with Crippen LogP contribution in [0.25, 0.3) is 11.0 Å². The van der Waals surface area contributed by atoms with E-state index in [1.807, 2.05) is 6.07 Å². The highest BCUT2D eigenvalue weighted by atomic mass is 16.1. The molecule has 5 rings (SSSR count). The molecule has 2 aliphatic rings. The van der Waals surface area contributed by atoms with Crippen LogP contribution in [0.1, 0.15) is 29.7 Å². The summed E-state index contributed by atoms with van der Waals surface area (Å²) in [5.41, 5.74) is 4.83. The number of nitrogens with one attached hydrogen (secondary N) is 1. The molecule has 3 aromatic rings. The number of fused-ring (bicyclic) bond motifs is 2. The van der Waals surface area contributed by atoms with Gasteiger partial charge in [0.2, 0.25) is 5.95 Å². The maximum Gasteiger partial charge on any atom is 0.255 e. The Hall–Kier alpha value is -2.80. The van der Waals surface area contributed by atoms with Crippen LogP contribution in [0.15, 0.2) is 35.4 Å². The Morgan fingerprint density at radius 1 is 1.04 bits per heavy atom. The lowest BCUT2D eigenvalue weighted by Gasteiger charge is -2.28. The Morgan fingerprint density at radius 3 is 2.70 bits per heavy atom. The molecule has 0 unspecified atom stereocenters. The molecule has 2 aromatic heterocycles. The van der Waals surface area contributed by atoms with Gasteiger partial charge in [0.1, 0.15) is 0 Å². The summed E-state index contributed by atoms with van der Waals surface area (Å²) in [6, 6.07) is 6.22. The molecule has 0 bridgehead atoms. The monoisotopic (exact) mass is 362 g/mol. The minimum Gasteiger partial charge on any atom is -0.342 e. The van der Waals surface area contributed by atoms with Crippen molar-refractivity contribution in [2.75, 3.05) is 24.5 Å². The molecule has 1 aromatic carbocycles. The van der Waals surface area contributed by atoms with E-state index < -0.39 is 0 Å². The summed E-state index contributed by atoms with van der Waals surface area (Å²) in [4.78, 5) is 33.5. The Balaban J connectivity index is 1.38. The van der Waals surface area contributed by atoms with Crippen LogP contribution in [0.4, 0.5) is 5.95 Å². The van der Waals surface area contributed by atoms with Crippen molar-refractivity contribution >= 4 is 17.0 Å². The normalized spacial score (nSPS) is 17.4. The summed E-state index contributed by atoms with van der Waals surface area (Å²) in [5, 5.41) is 0. The molecule has 1 N–H and O–H groups in total. The minimum absolute atomic E-state index is 0.0301. The highest BCUT2D eigenvalue weighted by Crippen LogP contribution is 2.21. The molecule has 7 heteroatoms. The molecule has 4 heterocycles. The van der Waals surface area contributed by atoms with Crippen LogP contribution in [0, 0.1) is 0 Å². The van der Waals surface area contributed by atoms with Crippen molar-refractivity contribution in [1.29, 1.82) is 0 Å². The molecule has 0 aliphatic carbocycles. The summed E-state index contributed by atoms with van der Waals surface area (Å²) < 4.78 is 0. The van der Waals surface area contributed by atoms with Gasteiger partial charge in [-0.1, -0.05) is 6.07 Å². The van der Waals surface area contributed by atoms with Crippen LogP contribution in [0.3, 0.4) is 0 Å². The first kappa shape index (κ1) is 16.4. The van der Waals surface area contributed by atoms with Crippen LogP contribution < -0.4 is 10.5 Å². The van der Waals surface area contributed by atoms with Gasteiger partial charge in [-0.2, -0.15) is 0 Å². The quantitative estimate of drug-likeness (QED) is 0.766. The average Bonchev–Trinajstić information content (AvgIpc) is 3.22. The zero-order valence-corrected chi connectivity index (χ0v) is 15.2. The third-order valence-corrected chi connectivity index (χ3v) is 5.49. The zero-order chi connectivity index (χ0) is 18.2. The Bertz CT molecular complexity index is 1040. The number of nitrogens with zero attached hydrogens (tertiary/aromatic N) is 5. The molecular formula is C20H22N6O. The fraction of sp³-hybridized carbons (Fsp3) is 0.400. The molecular weight excluding hydrogens is 340 g/mol. The summed E-state index contributed by atoms with van der Waals surface area (Å²) in [6.07, 6.45) is 6.50. The number of aromatic nitrogens is 4. The predicted molar refractivity (Wildman–Crippen MR) is 104 cm³/mol. The van der Waals surface area contributed by atoms with E-state index in [-0.39, 0.29) is 5.56 Å². The van der Waals surface area contributed by atoms with E-state index in [0.29, 0.717) is 6.54 Å². The number of rotatable bonds is 3. The Kier molecular flexibility index (Phi) is 4.09. The molecule has 0 radical (unpaired) electrons. The van der Waals surface area contributed by atoms with Gasteiger partial charge in [-0.3, -0.25) is 24.6 Å². The highest BCUT2D eigenvalue weighted by molar-refractivity contribution is 5.74. The molecule has 0 amide bonds. The lowest BCUT2D eigenvalue weighted by molar-refractivity contribution is 0.240. The first-order valence-electron chi connectivity index (χ1n) is 9.55. The fourth-order valence-electron chi connectivity index (χ4n) is 4.06. The van der Waals surface area contributed by atoms with Gasteiger partial charge in [0.25, 0.3) is 5.56 Å². The van der Waals surface area contributed by atoms with Crippen LogP contribution >= 0.6 is 0 Å². The number of hydrogen-bond donors (Lipinski definition) is 1. The second-order valence-electron chi connectivity index (χ2n) is 7.35. The Morgan fingerprint density at radius 2 is 1.85 bits per heavy atom. The number of hydrogen-bond acceptors (Lipinski definition) is 6. The third-order valence-electron chi connectivity index (χ3n) is 5.49. The number of benzene rings is 1. The second-order valence-corrected chi connectivity index (χ2v) is 7.35. The van der Waals surface area contributed by atoms with Gasteiger partial charge in [-0.05, 0) is 37.0 Å². The van der Waals surface area contributed by atoms with E-state index in [4.69, 9.17) is 4.98 Å². The highest BCUT2D eigenvalue weighted by Gasteiger charge is 2.23. The maximum absolute atomic E-state index is 12.5. The van der Waals surface area contributed by atoms with Crippen LogP contribution in [-0.2, 0) is 19.5 Å². The van der Waals surface area contributed by atoms with Gasteiger partial charge in [0.05, 0.1) is 16.7 Å². The first-order chi connectivity index (χ1) is 13.3. The lowest BCUT2D eigenvalue weighted by Crippen LogP contribution is -2.36. The van der Waals surface area contributed by atoms with Crippen LogP contribution in [0.2, 0.25) is 0 Å². The number of H-pyrrole nitrogens is 1. The van der Waals surface area contributed by atoms with Crippen molar-refractivity contribution in [3.8, 4) is 0 Å². The van der Waals surface area contributed by atoms with Crippen LogP contribution in [-0.4, -0.2) is 44.5 Å². The molecule has 0 saturated carbocycles. The molecule has 0 spiro atoms. The SMILES string of the molecule is O=c1[nH]c(N2CCCC2)nc2c1CCN(Cc1ccc3nccnc3c1)C2. The summed E-state index contributed by atoms with van der Waals surface area (Å²) in [7, 11) is 0. The van der Waals surface area contributed by atoms with Gasteiger partial charge in [0, 0.05) is 50.7 Å². The molecule has 27 heavy (non-hydrogen) atoms. The summed E-state index contributed by atoms with van der Waals surface area (Å²) in [6.45, 7) is 4.34. The van der Waals surface area contributed by atoms with Crippen LogP contribution in [0.5, 0.6) is 0 Å². The molecule has 2 aliphatic heterocycles. The second kappa shape index (κ2) is 6.74. The van der Waals surface area contributed by atoms with Crippen molar-refractivity contribution in [2.24, 2.45) is 0 Å². The topological polar surface area (TPSA) is 78.0 Å². The van der Waals surface area contributed by atoms with Crippen molar-refractivity contribution in [1.82, 2.24) is 24.8 Å². The molecule has 1 fully saturated rings. The van der Waals surface area contributed by atoms with Crippen molar-refractivity contribution in [2.45, 2.75) is 32.4 Å². The largest absolute Gasteiger partial charge is 0.342 e. The van der Waals surface area contributed by atoms with Crippen molar-refractivity contribution in [3.05, 3.63) is 57.8 Å². The fourth-order valence-corrected chi connectivity index (χ4v) is 4.06. The van der Waals surface area contributed by atoms with E-state index in [0.717, 1.165) is 73.7 Å². The Labute approximate surface area is 157 Å². The lowest BCUT2D eigenvalue weighted by atomic mass is 10.1. The zero-order valence-electron chi connectivity index (χ0n) is 15.2. The van der Waals surface area contributed by atoms with E-state index in [1.165, 1.54) is 5.56 Å². The number of aromatic amines is 1. The minimum atomic E-state index is 0.0301. The van der Waals surface area contributed by atoms with Crippen molar-refractivity contribution in [3.63, 3.8) is 0 Å².